The van der Waals surface area contributed by atoms with Crippen LogP contribution in [0, 0.1) is 0 Å². The molecule has 1 aliphatic rings. The summed E-state index contributed by atoms with van der Waals surface area (Å²) in [5.74, 6) is -0.502. The van der Waals surface area contributed by atoms with Crippen molar-refractivity contribution in [2.24, 2.45) is 0 Å². The molecule has 0 spiro atoms. The molecule has 2 heterocycles. The summed E-state index contributed by atoms with van der Waals surface area (Å²) in [5.41, 5.74) is 0.897. The molecule has 2 rings (SSSR count). The summed E-state index contributed by atoms with van der Waals surface area (Å²) in [6.45, 7) is 5.56. The van der Waals surface area contributed by atoms with Crippen LogP contribution in [0.25, 0.3) is 0 Å². The predicted octanol–water partition coefficient (Wildman–Crippen LogP) is 2.57. The first-order valence-corrected chi connectivity index (χ1v) is 7.31. The number of ether oxygens (including phenoxy) is 2. The molecule has 1 amide bonds. The Morgan fingerprint density at radius 3 is 2.64 bits per heavy atom. The van der Waals surface area contributed by atoms with Crippen molar-refractivity contribution in [3.63, 3.8) is 0 Å². The maximum Gasteiger partial charge on any atom is 0.411 e. The molecule has 120 valence electrons. The summed E-state index contributed by atoms with van der Waals surface area (Å²) in [5, 5.41) is 0.355. The van der Waals surface area contributed by atoms with Gasteiger partial charge in [-0.05, 0) is 32.4 Å². The maximum absolute atomic E-state index is 12.4. The van der Waals surface area contributed by atoms with Gasteiger partial charge in [0.2, 0.25) is 0 Å². The zero-order valence-corrected chi connectivity index (χ0v) is 13.8. The summed E-state index contributed by atoms with van der Waals surface area (Å²) in [6, 6.07) is 2.69. The van der Waals surface area contributed by atoms with Gasteiger partial charge in [0.05, 0.1) is 13.7 Å². The Hall–Kier alpha value is -1.82. The first-order chi connectivity index (χ1) is 10.2. The van der Waals surface area contributed by atoms with Gasteiger partial charge < -0.3 is 9.47 Å². The van der Waals surface area contributed by atoms with Crippen LogP contribution in [-0.4, -0.2) is 40.7 Å². The van der Waals surface area contributed by atoms with Crippen molar-refractivity contribution in [2.75, 3.05) is 7.11 Å². The normalized spacial score (nSPS) is 17.7. The molecule has 7 heteroatoms. The molecule has 1 aromatic rings. The number of methoxy groups -OCH3 is 1. The smallest absolute Gasteiger partial charge is 0.411 e. The van der Waals surface area contributed by atoms with E-state index in [0.717, 1.165) is 5.56 Å². The Morgan fingerprint density at radius 2 is 2.05 bits per heavy atom. The molecule has 0 saturated heterocycles. The van der Waals surface area contributed by atoms with Crippen molar-refractivity contribution in [2.45, 2.75) is 45.4 Å². The number of carbonyl (C=O) groups excluding carboxylic acids is 2. The van der Waals surface area contributed by atoms with Crippen molar-refractivity contribution in [3.05, 3.63) is 28.5 Å². The minimum Gasteiger partial charge on any atom is -0.467 e. The van der Waals surface area contributed by atoms with Crippen molar-refractivity contribution in [3.8, 4) is 0 Å². The lowest BCUT2D eigenvalue weighted by Gasteiger charge is -2.35. The minimum absolute atomic E-state index is 0.230. The van der Waals surface area contributed by atoms with Crippen LogP contribution in [0.5, 0.6) is 0 Å². The molecule has 0 fully saturated rings. The molecule has 6 nitrogen and oxygen atoms in total. The van der Waals surface area contributed by atoms with Crippen LogP contribution in [0.4, 0.5) is 4.79 Å². The number of pyridine rings is 1. The predicted molar refractivity (Wildman–Crippen MR) is 80.5 cm³/mol. The Labute approximate surface area is 134 Å². The van der Waals surface area contributed by atoms with Crippen molar-refractivity contribution in [1.29, 1.82) is 0 Å². The molecule has 0 saturated carbocycles. The molecule has 1 aromatic heterocycles. The van der Waals surface area contributed by atoms with Gasteiger partial charge in [0.15, 0.2) is 0 Å². The fraction of sp³-hybridized carbons (Fsp3) is 0.533. The Bertz CT molecular complexity index is 598. The molecular weight excluding hydrogens is 308 g/mol. The van der Waals surface area contributed by atoms with Crippen molar-refractivity contribution in [1.82, 2.24) is 9.88 Å². The number of amides is 1. The highest BCUT2D eigenvalue weighted by atomic mass is 35.5. The van der Waals surface area contributed by atoms with E-state index in [1.54, 1.807) is 32.9 Å². The van der Waals surface area contributed by atoms with E-state index in [1.807, 2.05) is 0 Å². The minimum atomic E-state index is -0.765. The summed E-state index contributed by atoms with van der Waals surface area (Å²) in [7, 11) is 1.29. The molecule has 0 aromatic carbocycles. The van der Waals surface area contributed by atoms with Gasteiger partial charge in [0.25, 0.3) is 0 Å². The number of esters is 1. The summed E-state index contributed by atoms with van der Waals surface area (Å²) in [6.07, 6.45) is -0.301. The number of halogens is 1. The molecule has 1 unspecified atom stereocenters. The first kappa shape index (κ1) is 16.5. The van der Waals surface area contributed by atoms with Gasteiger partial charge in [0.1, 0.15) is 16.8 Å². The molecular formula is C15H19ClN2O4. The zero-order valence-electron chi connectivity index (χ0n) is 13.1. The fourth-order valence-corrected chi connectivity index (χ4v) is 2.44. The Kier molecular flexibility index (Phi) is 4.60. The van der Waals surface area contributed by atoms with Gasteiger partial charge in [-0.25, -0.2) is 14.6 Å². The van der Waals surface area contributed by atoms with Gasteiger partial charge in [-0.1, -0.05) is 17.7 Å². The quantitative estimate of drug-likeness (QED) is 0.586. The highest BCUT2D eigenvalue weighted by molar-refractivity contribution is 6.29. The van der Waals surface area contributed by atoms with E-state index in [0.29, 0.717) is 10.8 Å². The number of nitrogens with zero attached hydrogens (tertiary/aromatic N) is 2. The summed E-state index contributed by atoms with van der Waals surface area (Å²) in [4.78, 5) is 30.0. The number of fused-ring (bicyclic) bond motifs is 1. The topological polar surface area (TPSA) is 68.7 Å². The van der Waals surface area contributed by atoms with E-state index in [1.165, 1.54) is 12.0 Å². The lowest BCUT2D eigenvalue weighted by Crippen LogP contribution is -2.50. The van der Waals surface area contributed by atoms with Gasteiger partial charge in [-0.2, -0.15) is 0 Å². The second-order valence-corrected chi connectivity index (χ2v) is 6.48. The fourth-order valence-electron chi connectivity index (χ4n) is 2.27. The van der Waals surface area contributed by atoms with Crippen LogP contribution in [-0.2, 0) is 27.2 Å². The number of hydrogen-bond acceptors (Lipinski definition) is 5. The van der Waals surface area contributed by atoms with Crippen LogP contribution in [0.1, 0.15) is 32.0 Å². The number of aromatic nitrogens is 1. The SMILES string of the molecule is COC(=O)C1Cc2nc(Cl)ccc2CN1C(=O)OC(C)(C)C. The van der Waals surface area contributed by atoms with Crippen LogP contribution < -0.4 is 0 Å². The Morgan fingerprint density at radius 1 is 1.36 bits per heavy atom. The molecule has 0 radical (unpaired) electrons. The van der Waals surface area contributed by atoms with Crippen LogP contribution in [0.15, 0.2) is 12.1 Å². The van der Waals surface area contributed by atoms with Crippen LogP contribution in [0.3, 0.4) is 0 Å². The third-order valence-corrected chi connectivity index (χ3v) is 3.45. The molecule has 1 aliphatic heterocycles. The van der Waals surface area contributed by atoms with Crippen LogP contribution in [0.2, 0.25) is 5.15 Å². The van der Waals surface area contributed by atoms with E-state index in [4.69, 9.17) is 21.1 Å². The van der Waals surface area contributed by atoms with Gasteiger partial charge >= 0.3 is 12.1 Å². The van der Waals surface area contributed by atoms with Gasteiger partial charge in [-0.15, -0.1) is 0 Å². The standard InChI is InChI=1S/C15H19ClN2O4/c1-15(2,3)22-14(20)18-8-9-5-6-12(16)17-10(9)7-11(18)13(19)21-4/h5-6,11H,7-8H2,1-4H3. The lowest BCUT2D eigenvalue weighted by atomic mass is 9.99. The number of carbonyl (C=O) groups is 2. The third kappa shape index (κ3) is 3.68. The largest absolute Gasteiger partial charge is 0.467 e. The zero-order chi connectivity index (χ0) is 16.5. The molecule has 22 heavy (non-hydrogen) atoms. The second kappa shape index (κ2) is 6.12. The molecule has 0 aliphatic carbocycles. The average molecular weight is 327 g/mol. The van der Waals surface area contributed by atoms with E-state index >= 15 is 0 Å². The number of hydrogen-bond donors (Lipinski definition) is 0. The highest BCUT2D eigenvalue weighted by Crippen LogP contribution is 2.26. The van der Waals surface area contributed by atoms with Crippen molar-refractivity contribution < 1.29 is 19.1 Å². The van der Waals surface area contributed by atoms with E-state index in [9.17, 15) is 9.59 Å². The first-order valence-electron chi connectivity index (χ1n) is 6.93. The second-order valence-electron chi connectivity index (χ2n) is 6.09. The molecule has 0 N–H and O–H groups in total. The summed E-state index contributed by atoms with van der Waals surface area (Å²) < 4.78 is 10.2. The van der Waals surface area contributed by atoms with E-state index in [-0.39, 0.29) is 13.0 Å². The Balaban J connectivity index is 2.32. The van der Waals surface area contributed by atoms with E-state index < -0.39 is 23.7 Å². The van der Waals surface area contributed by atoms with E-state index in [2.05, 4.69) is 4.98 Å². The maximum atomic E-state index is 12.4. The number of rotatable bonds is 1. The summed E-state index contributed by atoms with van der Waals surface area (Å²) >= 11 is 5.89. The van der Waals surface area contributed by atoms with Crippen molar-refractivity contribution >= 4 is 23.7 Å². The molecule has 1 atom stereocenters. The molecule has 0 bridgehead atoms. The average Bonchev–Trinajstić information content (AvgIpc) is 2.43. The lowest BCUT2D eigenvalue weighted by molar-refractivity contribution is -0.147. The van der Waals surface area contributed by atoms with Gasteiger partial charge in [0, 0.05) is 12.1 Å². The van der Waals surface area contributed by atoms with Crippen LogP contribution >= 0.6 is 11.6 Å². The van der Waals surface area contributed by atoms with Gasteiger partial charge in [-0.3, -0.25) is 4.90 Å². The third-order valence-electron chi connectivity index (χ3n) is 3.24. The monoisotopic (exact) mass is 326 g/mol. The highest BCUT2D eigenvalue weighted by Gasteiger charge is 2.38.